The van der Waals surface area contributed by atoms with Gasteiger partial charge in [0.2, 0.25) is 11.8 Å². The van der Waals surface area contributed by atoms with E-state index >= 15 is 0 Å². The summed E-state index contributed by atoms with van der Waals surface area (Å²) < 4.78 is 12.1. The highest BCUT2D eigenvalue weighted by atomic mass is 32.2. The number of hydrogen-bond donors (Lipinski definition) is 6. The molecule has 4 aliphatic heterocycles. The van der Waals surface area contributed by atoms with Crippen LogP contribution < -0.4 is 31.2 Å². The van der Waals surface area contributed by atoms with E-state index in [-0.39, 0.29) is 60.4 Å². The maximum absolute atomic E-state index is 13.0. The molecule has 12 rings (SSSR count). The van der Waals surface area contributed by atoms with Gasteiger partial charge < -0.3 is 40.3 Å². The van der Waals surface area contributed by atoms with E-state index in [2.05, 4.69) is 30.6 Å². The predicted molar refractivity (Wildman–Crippen MR) is 302 cm³/mol. The molecule has 4 atom stereocenters. The number of benzene rings is 4. The molecule has 8 heterocycles. The average molecular weight is 1150 g/mol. The van der Waals surface area contributed by atoms with Crippen LogP contribution in [0, 0.1) is 0 Å². The van der Waals surface area contributed by atoms with Crippen LogP contribution in [0.15, 0.2) is 164 Å². The van der Waals surface area contributed by atoms with Crippen LogP contribution in [-0.2, 0) is 41.6 Å². The van der Waals surface area contributed by atoms with E-state index in [0.717, 1.165) is 9.75 Å². The van der Waals surface area contributed by atoms with Gasteiger partial charge in [0.05, 0.1) is 45.8 Å². The summed E-state index contributed by atoms with van der Waals surface area (Å²) in [7, 11) is 0. The van der Waals surface area contributed by atoms with Crippen LogP contribution in [0.5, 0.6) is 11.5 Å². The average Bonchev–Trinajstić information content (AvgIpc) is 4.20. The molecule has 8 aromatic rings. The Hall–Kier alpha value is -8.84. The summed E-state index contributed by atoms with van der Waals surface area (Å²) in [6.45, 7) is -0.176. The quantitative estimate of drug-likeness (QED) is 0.0603. The molecule has 2 saturated heterocycles. The molecule has 4 amide bonds. The van der Waals surface area contributed by atoms with E-state index < -0.39 is 46.6 Å². The number of β-lactam (4-membered cyclic amide) rings is 2. The second-order valence-corrected chi connectivity index (χ2v) is 22.6. The van der Waals surface area contributed by atoms with Gasteiger partial charge in [-0.1, -0.05) is 60.7 Å². The number of aromatic amines is 2. The monoisotopic (exact) mass is 1150 g/mol. The summed E-state index contributed by atoms with van der Waals surface area (Å²) in [5.41, 5.74) is 2.18. The van der Waals surface area contributed by atoms with Crippen LogP contribution in [0.1, 0.15) is 9.75 Å². The number of amides is 4. The molecule has 4 aliphatic rings. The topological polar surface area (TPSA) is 283 Å². The van der Waals surface area contributed by atoms with Crippen LogP contribution in [-0.4, -0.2) is 123 Å². The number of fused-ring (bicyclic) bond motifs is 4. The Morgan fingerprint density at radius 3 is 1.35 bits per heavy atom. The van der Waals surface area contributed by atoms with Gasteiger partial charge in [0.25, 0.3) is 22.9 Å². The van der Waals surface area contributed by atoms with Crippen LogP contribution in [0.2, 0.25) is 0 Å². The highest BCUT2D eigenvalue weighted by molar-refractivity contribution is 8.00. The molecule has 6 N–H and O–H groups in total. The molecule has 24 heteroatoms. The standard InChI is InChI=1S/2C28H22N4O6S2/c2*33-21(12-16-6-5-11-39-16)30-22-26(35)32-23(28(36)37)15(14-40-27(22)32)13-38-20-10-4-2-8-18(20)24-29-19-9-3-1-7-17(19)25(34)31-24/h2*1-11,22,27H,12-14H2,(H,30,33)(H,36,37)(H,29,31,34). The van der Waals surface area contributed by atoms with Crippen LogP contribution >= 0.6 is 46.2 Å². The van der Waals surface area contributed by atoms with E-state index in [1.165, 1.54) is 56.0 Å². The lowest BCUT2D eigenvalue weighted by atomic mass is 10.0. The van der Waals surface area contributed by atoms with Gasteiger partial charge in [-0.2, -0.15) is 0 Å². The first kappa shape index (κ1) is 53.2. The van der Waals surface area contributed by atoms with Crippen molar-refractivity contribution in [1.29, 1.82) is 0 Å². The molecule has 0 aliphatic carbocycles. The van der Waals surface area contributed by atoms with Crippen LogP contribution in [0.3, 0.4) is 0 Å². The molecular weight excluding hydrogens is 1100 g/mol. The van der Waals surface area contributed by atoms with Gasteiger partial charge in [-0.15, -0.1) is 46.2 Å². The molecule has 0 bridgehead atoms. The summed E-state index contributed by atoms with van der Waals surface area (Å²) in [4.78, 5) is 119. The maximum atomic E-state index is 13.0. The van der Waals surface area contributed by atoms with Gasteiger partial charge in [0, 0.05) is 32.4 Å². The molecule has 20 nitrogen and oxygen atoms in total. The number of ether oxygens (including phenoxy) is 2. The molecule has 2 fully saturated rings. The lowest BCUT2D eigenvalue weighted by Crippen LogP contribution is -2.70. The first-order valence-corrected chi connectivity index (χ1v) is 28.5. The van der Waals surface area contributed by atoms with Gasteiger partial charge in [0.1, 0.15) is 70.6 Å². The molecule has 4 aromatic heterocycles. The number of carbonyl (C=O) groups excluding carboxylic acids is 4. The zero-order chi connectivity index (χ0) is 55.6. The number of nitrogens with zero attached hydrogens (tertiary/aromatic N) is 4. The van der Waals surface area contributed by atoms with Crippen LogP contribution in [0.4, 0.5) is 0 Å². The molecule has 0 radical (unpaired) electrons. The third kappa shape index (κ3) is 10.7. The Bertz CT molecular complexity index is 3720. The van der Waals surface area contributed by atoms with Crippen molar-refractivity contribution in [3.63, 3.8) is 0 Å². The number of aromatic nitrogens is 4. The first-order chi connectivity index (χ1) is 38.8. The van der Waals surface area contributed by atoms with Gasteiger partial charge in [-0.3, -0.25) is 38.6 Å². The van der Waals surface area contributed by atoms with E-state index in [4.69, 9.17) is 9.47 Å². The minimum Gasteiger partial charge on any atom is -0.488 e. The number of para-hydroxylation sites is 4. The van der Waals surface area contributed by atoms with Crippen molar-refractivity contribution in [3.05, 3.63) is 185 Å². The molecule has 0 spiro atoms. The van der Waals surface area contributed by atoms with E-state index in [1.54, 1.807) is 97.1 Å². The Balaban J connectivity index is 0.000000169. The molecule has 404 valence electrons. The van der Waals surface area contributed by atoms with Crippen molar-refractivity contribution in [2.75, 3.05) is 24.7 Å². The van der Waals surface area contributed by atoms with Crippen molar-refractivity contribution >= 4 is 104 Å². The summed E-state index contributed by atoms with van der Waals surface area (Å²) in [5.74, 6) is -1.92. The number of thioether (sulfide) groups is 2. The minimum atomic E-state index is -1.24. The zero-order valence-electron chi connectivity index (χ0n) is 41.7. The van der Waals surface area contributed by atoms with Gasteiger partial charge in [-0.05, 0) is 71.4 Å². The highest BCUT2D eigenvalue weighted by Crippen LogP contribution is 2.42. The summed E-state index contributed by atoms with van der Waals surface area (Å²) >= 11 is 5.66. The largest absolute Gasteiger partial charge is 0.488 e. The Morgan fingerprint density at radius 1 is 0.550 bits per heavy atom. The highest BCUT2D eigenvalue weighted by Gasteiger charge is 2.55. The number of carbonyl (C=O) groups is 6. The summed E-state index contributed by atoms with van der Waals surface area (Å²) in [6.07, 6.45) is 0.326. The number of carboxylic acid groups (broad SMARTS) is 2. The number of H-pyrrole nitrogens is 2. The number of nitrogens with one attached hydrogen (secondary N) is 4. The fraction of sp³-hybridized carbons (Fsp3) is 0.179. The van der Waals surface area contributed by atoms with E-state index in [9.17, 15) is 48.6 Å². The number of aliphatic carboxylic acids is 2. The lowest BCUT2D eigenvalue weighted by molar-refractivity contribution is -0.150. The molecule has 0 saturated carbocycles. The Kier molecular flexibility index (Phi) is 15.2. The van der Waals surface area contributed by atoms with Gasteiger partial charge in [-0.25, -0.2) is 19.6 Å². The fourth-order valence-electron chi connectivity index (χ4n) is 9.51. The number of carboxylic acids is 2. The van der Waals surface area contributed by atoms with Crippen molar-refractivity contribution in [2.45, 2.75) is 35.7 Å². The normalized spacial score (nSPS) is 18.3. The third-order valence-corrected chi connectivity index (χ3v) is 17.7. The van der Waals surface area contributed by atoms with Crippen LogP contribution in [0.25, 0.3) is 44.6 Å². The van der Waals surface area contributed by atoms with Gasteiger partial charge in [0.15, 0.2) is 0 Å². The molecular formula is C56H44N8O12S4. The van der Waals surface area contributed by atoms with Crippen molar-refractivity contribution < 1.29 is 48.5 Å². The van der Waals surface area contributed by atoms with E-state index in [1.807, 2.05) is 35.0 Å². The molecule has 80 heavy (non-hydrogen) atoms. The predicted octanol–water partition coefficient (Wildman–Crippen LogP) is 6.02. The second-order valence-electron chi connectivity index (χ2n) is 18.4. The van der Waals surface area contributed by atoms with E-state index in [0.29, 0.717) is 78.7 Å². The van der Waals surface area contributed by atoms with Crippen molar-refractivity contribution in [2.24, 2.45) is 0 Å². The maximum Gasteiger partial charge on any atom is 0.352 e. The number of thiophene rings is 2. The smallest absolute Gasteiger partial charge is 0.352 e. The SMILES string of the molecule is O=C(Cc1cccs1)NC1C(=O)N2C(C(=O)O)=C(COc3ccccc3-c3nc4ccccc4c(=O)[nH]3)CSC12.O=C(Cc1cccs1)NC1C(=O)N2C(C(=O)O)=C(COc3ccccc3-c3nc4ccccc4c(=O)[nH]3)CSC12. The molecule has 4 unspecified atom stereocenters. The van der Waals surface area contributed by atoms with Crippen molar-refractivity contribution in [3.8, 4) is 34.3 Å². The van der Waals surface area contributed by atoms with Crippen molar-refractivity contribution in [1.82, 2.24) is 40.4 Å². The number of hydrogen-bond acceptors (Lipinski definition) is 16. The molecule has 4 aromatic carbocycles. The summed E-state index contributed by atoms with van der Waals surface area (Å²) in [5, 5.41) is 29.2. The Labute approximate surface area is 469 Å². The third-order valence-electron chi connectivity index (χ3n) is 13.3. The minimum absolute atomic E-state index is 0.0879. The lowest BCUT2D eigenvalue weighted by Gasteiger charge is -2.49. The fourth-order valence-corrected chi connectivity index (χ4v) is 13.6. The van der Waals surface area contributed by atoms with Gasteiger partial charge >= 0.3 is 11.9 Å². The zero-order valence-corrected chi connectivity index (χ0v) is 44.9. The second kappa shape index (κ2) is 22.9. The number of rotatable bonds is 16. The summed E-state index contributed by atoms with van der Waals surface area (Å²) in [6, 6.07) is 33.8. The Morgan fingerprint density at radius 2 is 0.950 bits per heavy atom. The first-order valence-electron chi connectivity index (χ1n) is 24.7.